The predicted octanol–water partition coefficient (Wildman–Crippen LogP) is 1.22. The summed E-state index contributed by atoms with van der Waals surface area (Å²) >= 11 is 0. The van der Waals surface area contributed by atoms with Crippen molar-refractivity contribution < 1.29 is 24.4 Å². The number of aryl methyl sites for hydroxylation is 1. The van der Waals surface area contributed by atoms with Crippen molar-refractivity contribution in [1.82, 2.24) is 4.90 Å². The Balaban J connectivity index is 2.32. The average Bonchev–Trinajstić information content (AvgIpc) is 2.91. The van der Waals surface area contributed by atoms with Gasteiger partial charge >= 0.3 is 5.97 Å². The second kappa shape index (κ2) is 6.10. The van der Waals surface area contributed by atoms with Crippen LogP contribution in [0.5, 0.6) is 0 Å². The fourth-order valence-corrected chi connectivity index (χ4v) is 2.53. The second-order valence-electron chi connectivity index (χ2n) is 5.16. The Morgan fingerprint density at radius 2 is 2.14 bits per heavy atom. The first-order chi connectivity index (χ1) is 10.3. The average molecular weight is 308 g/mol. The van der Waals surface area contributed by atoms with Crippen molar-refractivity contribution in [2.75, 3.05) is 13.7 Å². The van der Waals surface area contributed by atoms with Crippen LogP contribution in [0, 0.1) is 17.0 Å². The number of carboxylic acids is 1. The number of nitrogens with zero attached hydrogens (tertiary/aromatic N) is 2. The Kier molecular flexibility index (Phi) is 4.41. The summed E-state index contributed by atoms with van der Waals surface area (Å²) in [5.74, 6) is -1.66. The number of nitro groups is 1. The number of nitro benzene ring substituents is 1. The predicted molar refractivity (Wildman–Crippen MR) is 75.7 cm³/mol. The summed E-state index contributed by atoms with van der Waals surface area (Å²) in [6.07, 6.45) is -0.156. The van der Waals surface area contributed by atoms with Crippen LogP contribution >= 0.6 is 0 Å². The number of methoxy groups -OCH3 is 1. The van der Waals surface area contributed by atoms with E-state index in [1.165, 1.54) is 30.2 Å². The molecule has 1 aliphatic rings. The van der Waals surface area contributed by atoms with E-state index >= 15 is 0 Å². The number of likely N-dealkylation sites (tertiary alicyclic amines) is 1. The Labute approximate surface area is 126 Å². The molecule has 0 radical (unpaired) electrons. The molecular weight excluding hydrogens is 292 g/mol. The molecule has 1 saturated heterocycles. The molecule has 1 aromatic carbocycles. The van der Waals surface area contributed by atoms with Crippen molar-refractivity contribution in [3.63, 3.8) is 0 Å². The van der Waals surface area contributed by atoms with Crippen LogP contribution in [0.15, 0.2) is 18.2 Å². The number of carbonyl (C=O) groups is 2. The molecule has 8 heteroatoms. The van der Waals surface area contributed by atoms with Crippen molar-refractivity contribution in [3.05, 3.63) is 39.4 Å². The summed E-state index contributed by atoms with van der Waals surface area (Å²) in [4.78, 5) is 35.3. The molecule has 2 atom stereocenters. The van der Waals surface area contributed by atoms with E-state index in [2.05, 4.69) is 0 Å². The molecule has 118 valence electrons. The van der Waals surface area contributed by atoms with Gasteiger partial charge in [0.05, 0.1) is 11.0 Å². The number of hydrogen-bond acceptors (Lipinski definition) is 5. The molecule has 0 aromatic heterocycles. The molecule has 1 N–H and O–H groups in total. The second-order valence-corrected chi connectivity index (χ2v) is 5.16. The van der Waals surface area contributed by atoms with Gasteiger partial charge in [0.1, 0.15) is 6.04 Å². The smallest absolute Gasteiger partial charge is 0.326 e. The number of hydrogen-bond donors (Lipinski definition) is 1. The molecule has 2 unspecified atom stereocenters. The fraction of sp³-hybridized carbons (Fsp3) is 0.429. The molecule has 1 fully saturated rings. The fourth-order valence-electron chi connectivity index (χ4n) is 2.53. The van der Waals surface area contributed by atoms with Crippen LogP contribution in [0.2, 0.25) is 0 Å². The summed E-state index contributed by atoms with van der Waals surface area (Å²) in [6.45, 7) is 1.72. The molecule has 0 spiro atoms. The molecule has 0 saturated carbocycles. The molecule has 8 nitrogen and oxygen atoms in total. The van der Waals surface area contributed by atoms with Gasteiger partial charge in [-0.2, -0.15) is 0 Å². The number of carbonyl (C=O) groups excluding carboxylic acids is 1. The number of amides is 1. The van der Waals surface area contributed by atoms with Gasteiger partial charge in [0.15, 0.2) is 0 Å². The van der Waals surface area contributed by atoms with Crippen LogP contribution in [0.25, 0.3) is 0 Å². The minimum Gasteiger partial charge on any atom is -0.480 e. The lowest BCUT2D eigenvalue weighted by atomic mass is 10.1. The summed E-state index contributed by atoms with van der Waals surface area (Å²) in [5.41, 5.74) is 0.369. The highest BCUT2D eigenvalue weighted by Gasteiger charge is 2.40. The van der Waals surface area contributed by atoms with E-state index in [1.807, 2.05) is 0 Å². The van der Waals surface area contributed by atoms with Crippen LogP contribution in [-0.2, 0) is 9.53 Å². The maximum atomic E-state index is 12.5. The third-order valence-corrected chi connectivity index (χ3v) is 3.79. The van der Waals surface area contributed by atoms with Crippen LogP contribution in [0.1, 0.15) is 22.3 Å². The number of ether oxygens (including phenoxy) is 1. The molecule has 1 heterocycles. The zero-order chi connectivity index (χ0) is 16.4. The molecular formula is C14H16N2O6. The maximum absolute atomic E-state index is 12.5. The lowest BCUT2D eigenvalue weighted by Gasteiger charge is -2.21. The van der Waals surface area contributed by atoms with Crippen LogP contribution in [0.4, 0.5) is 5.69 Å². The monoisotopic (exact) mass is 308 g/mol. The van der Waals surface area contributed by atoms with Gasteiger partial charge in [-0.1, -0.05) is 6.07 Å². The Morgan fingerprint density at radius 3 is 2.68 bits per heavy atom. The zero-order valence-electron chi connectivity index (χ0n) is 12.2. The van der Waals surface area contributed by atoms with E-state index in [4.69, 9.17) is 4.74 Å². The van der Waals surface area contributed by atoms with Crippen molar-refractivity contribution >= 4 is 17.6 Å². The van der Waals surface area contributed by atoms with E-state index in [0.29, 0.717) is 5.56 Å². The van der Waals surface area contributed by atoms with E-state index in [9.17, 15) is 24.8 Å². The van der Waals surface area contributed by atoms with Gasteiger partial charge in [0.25, 0.3) is 11.6 Å². The Morgan fingerprint density at radius 1 is 1.45 bits per heavy atom. The molecule has 1 aromatic rings. The van der Waals surface area contributed by atoms with Crippen LogP contribution in [-0.4, -0.2) is 52.6 Å². The first kappa shape index (κ1) is 15.9. The van der Waals surface area contributed by atoms with Crippen molar-refractivity contribution in [3.8, 4) is 0 Å². The van der Waals surface area contributed by atoms with Gasteiger partial charge in [-0.05, 0) is 13.0 Å². The summed E-state index contributed by atoms with van der Waals surface area (Å²) < 4.78 is 5.12. The minimum atomic E-state index is -1.12. The normalized spacial score (nSPS) is 20.9. The first-order valence-electron chi connectivity index (χ1n) is 6.66. The number of benzene rings is 1. The highest BCUT2D eigenvalue weighted by molar-refractivity contribution is 5.97. The van der Waals surface area contributed by atoms with Gasteiger partial charge in [-0.15, -0.1) is 0 Å². The molecule has 1 amide bonds. The zero-order valence-corrected chi connectivity index (χ0v) is 12.2. The maximum Gasteiger partial charge on any atom is 0.326 e. The van der Waals surface area contributed by atoms with Crippen molar-refractivity contribution in [2.45, 2.75) is 25.5 Å². The van der Waals surface area contributed by atoms with Gasteiger partial charge in [0.2, 0.25) is 0 Å². The molecule has 22 heavy (non-hydrogen) atoms. The minimum absolute atomic E-state index is 0.0975. The largest absolute Gasteiger partial charge is 0.480 e. The van der Waals surface area contributed by atoms with Crippen LogP contribution in [0.3, 0.4) is 0 Å². The van der Waals surface area contributed by atoms with Gasteiger partial charge in [0, 0.05) is 37.3 Å². The first-order valence-corrected chi connectivity index (χ1v) is 6.66. The quantitative estimate of drug-likeness (QED) is 0.661. The van der Waals surface area contributed by atoms with Gasteiger partial charge < -0.3 is 14.7 Å². The lowest BCUT2D eigenvalue weighted by molar-refractivity contribution is -0.385. The molecule has 0 aliphatic carbocycles. The van der Waals surface area contributed by atoms with Gasteiger partial charge in [-0.3, -0.25) is 14.9 Å². The van der Waals surface area contributed by atoms with E-state index < -0.39 is 22.8 Å². The summed E-state index contributed by atoms with van der Waals surface area (Å²) in [5, 5.41) is 20.2. The number of aliphatic carboxylic acids is 1. The summed E-state index contributed by atoms with van der Waals surface area (Å²) in [7, 11) is 1.45. The van der Waals surface area contributed by atoms with Gasteiger partial charge in [-0.25, -0.2) is 4.79 Å². The lowest BCUT2D eigenvalue weighted by Crippen LogP contribution is -2.40. The van der Waals surface area contributed by atoms with Crippen LogP contribution < -0.4 is 0 Å². The highest BCUT2D eigenvalue weighted by atomic mass is 16.6. The number of rotatable bonds is 4. The molecule has 0 bridgehead atoms. The van der Waals surface area contributed by atoms with Crippen molar-refractivity contribution in [2.24, 2.45) is 0 Å². The van der Waals surface area contributed by atoms with E-state index in [0.717, 1.165) is 0 Å². The summed E-state index contributed by atoms with van der Waals surface area (Å²) in [6, 6.07) is 3.13. The highest BCUT2D eigenvalue weighted by Crippen LogP contribution is 2.25. The Hall–Kier alpha value is -2.48. The topological polar surface area (TPSA) is 110 Å². The van der Waals surface area contributed by atoms with E-state index in [1.54, 1.807) is 6.92 Å². The third-order valence-electron chi connectivity index (χ3n) is 3.79. The number of carboxylic acid groups (broad SMARTS) is 1. The van der Waals surface area contributed by atoms with Crippen molar-refractivity contribution in [1.29, 1.82) is 0 Å². The standard InChI is InChI=1S/C14H16N2O6/c1-8-3-4-9(5-11(8)16(20)21)13(17)15-7-10(22-2)6-12(15)14(18)19/h3-5,10,12H,6-7H2,1-2H3,(H,18,19). The third kappa shape index (κ3) is 2.91. The molecule has 1 aliphatic heterocycles. The molecule has 2 rings (SSSR count). The SMILES string of the molecule is COC1CC(C(=O)O)N(C(=O)c2ccc(C)c([N+](=O)[O-])c2)C1. The Bertz CT molecular complexity index is 630. The van der Waals surface area contributed by atoms with E-state index in [-0.39, 0.29) is 30.3 Å².